The van der Waals surface area contributed by atoms with E-state index < -0.39 is 0 Å². The minimum Gasteiger partial charge on any atom is -0.345 e. The first-order chi connectivity index (χ1) is 15.4. The van der Waals surface area contributed by atoms with Crippen molar-refractivity contribution >= 4 is 17.4 Å². The van der Waals surface area contributed by atoms with Gasteiger partial charge in [-0.25, -0.2) is 9.97 Å². The molecule has 162 valence electrons. The minimum atomic E-state index is -0.201. The SMILES string of the molecule is Cc1ccc(-c2cc(C(=O)NCc3ncc(C)cn3)cc(-c3snnc3C(C)C)c2)nc1. The summed E-state index contributed by atoms with van der Waals surface area (Å²) in [6, 6.07) is 9.75. The molecule has 3 heterocycles. The van der Waals surface area contributed by atoms with Gasteiger partial charge in [0.2, 0.25) is 0 Å². The molecule has 0 fully saturated rings. The van der Waals surface area contributed by atoms with Gasteiger partial charge in [-0.05, 0) is 72.3 Å². The Bertz CT molecular complexity index is 1230. The number of nitrogens with one attached hydrogen (secondary N) is 1. The molecule has 7 nitrogen and oxygen atoms in total. The van der Waals surface area contributed by atoms with Crippen LogP contribution in [0.25, 0.3) is 21.7 Å². The quantitative estimate of drug-likeness (QED) is 0.462. The molecular formula is C24H24N6OS. The fraction of sp³-hybridized carbons (Fsp3) is 0.250. The van der Waals surface area contributed by atoms with E-state index in [0.29, 0.717) is 11.4 Å². The van der Waals surface area contributed by atoms with Crippen LogP contribution in [0.3, 0.4) is 0 Å². The summed E-state index contributed by atoms with van der Waals surface area (Å²) in [5.74, 6) is 0.586. The Labute approximate surface area is 191 Å². The maximum Gasteiger partial charge on any atom is 0.251 e. The van der Waals surface area contributed by atoms with Crippen molar-refractivity contribution in [1.82, 2.24) is 29.9 Å². The third kappa shape index (κ3) is 4.86. The van der Waals surface area contributed by atoms with Crippen molar-refractivity contribution < 1.29 is 4.79 Å². The van der Waals surface area contributed by atoms with Gasteiger partial charge in [0.15, 0.2) is 0 Å². The van der Waals surface area contributed by atoms with Crippen molar-refractivity contribution in [3.05, 3.63) is 77.1 Å². The summed E-state index contributed by atoms with van der Waals surface area (Å²) in [5.41, 5.74) is 6.08. The summed E-state index contributed by atoms with van der Waals surface area (Å²) < 4.78 is 4.15. The number of carbonyl (C=O) groups is 1. The summed E-state index contributed by atoms with van der Waals surface area (Å²) in [6.07, 6.45) is 5.30. The van der Waals surface area contributed by atoms with E-state index in [1.54, 1.807) is 12.4 Å². The van der Waals surface area contributed by atoms with E-state index in [0.717, 1.165) is 38.5 Å². The third-order valence-electron chi connectivity index (χ3n) is 4.97. The zero-order chi connectivity index (χ0) is 22.7. The molecule has 0 unspecified atom stereocenters. The average Bonchev–Trinajstić information content (AvgIpc) is 3.29. The summed E-state index contributed by atoms with van der Waals surface area (Å²) in [7, 11) is 0. The van der Waals surface area contributed by atoms with E-state index in [1.807, 2.05) is 50.4 Å². The average molecular weight is 445 g/mol. The number of amides is 1. The summed E-state index contributed by atoms with van der Waals surface area (Å²) >= 11 is 1.34. The second-order valence-corrected chi connectivity index (χ2v) is 8.78. The fourth-order valence-corrected chi connectivity index (χ4v) is 4.03. The van der Waals surface area contributed by atoms with E-state index in [2.05, 4.69) is 43.7 Å². The predicted octanol–water partition coefficient (Wildman–Crippen LogP) is 4.73. The van der Waals surface area contributed by atoms with Crippen LogP contribution in [0, 0.1) is 13.8 Å². The van der Waals surface area contributed by atoms with Crippen molar-refractivity contribution in [3.63, 3.8) is 0 Å². The van der Waals surface area contributed by atoms with Gasteiger partial charge in [0.25, 0.3) is 5.91 Å². The molecule has 4 rings (SSSR count). The molecular weight excluding hydrogens is 420 g/mol. The van der Waals surface area contributed by atoms with Crippen molar-refractivity contribution in [3.8, 4) is 21.7 Å². The van der Waals surface area contributed by atoms with Gasteiger partial charge in [0, 0.05) is 29.7 Å². The van der Waals surface area contributed by atoms with E-state index in [9.17, 15) is 4.79 Å². The highest BCUT2D eigenvalue weighted by atomic mass is 32.1. The fourth-order valence-electron chi connectivity index (χ4n) is 3.22. The topological polar surface area (TPSA) is 93.6 Å². The number of aryl methyl sites for hydroxylation is 2. The number of benzene rings is 1. The smallest absolute Gasteiger partial charge is 0.251 e. The number of nitrogens with zero attached hydrogens (tertiary/aromatic N) is 5. The molecule has 0 bridgehead atoms. The van der Waals surface area contributed by atoms with Gasteiger partial charge in [0.05, 0.1) is 22.8 Å². The highest BCUT2D eigenvalue weighted by molar-refractivity contribution is 7.09. The third-order valence-corrected chi connectivity index (χ3v) is 5.76. The molecule has 0 atom stereocenters. The Balaban J connectivity index is 1.71. The van der Waals surface area contributed by atoms with Crippen LogP contribution in [0.2, 0.25) is 0 Å². The Morgan fingerprint density at radius 3 is 2.38 bits per heavy atom. The van der Waals surface area contributed by atoms with Gasteiger partial charge in [-0.2, -0.15) is 0 Å². The van der Waals surface area contributed by atoms with Gasteiger partial charge >= 0.3 is 0 Å². The zero-order valence-corrected chi connectivity index (χ0v) is 19.3. The molecule has 0 aliphatic heterocycles. The molecule has 8 heteroatoms. The minimum absolute atomic E-state index is 0.201. The Hall–Kier alpha value is -3.52. The number of hydrogen-bond acceptors (Lipinski definition) is 7. The van der Waals surface area contributed by atoms with E-state index >= 15 is 0 Å². The number of hydrogen-bond donors (Lipinski definition) is 1. The van der Waals surface area contributed by atoms with E-state index in [1.165, 1.54) is 11.5 Å². The van der Waals surface area contributed by atoms with Crippen LogP contribution in [0.1, 0.15) is 52.8 Å². The maximum absolute atomic E-state index is 13.0. The Kier molecular flexibility index (Phi) is 6.32. The van der Waals surface area contributed by atoms with Gasteiger partial charge in [-0.15, -0.1) is 5.10 Å². The monoisotopic (exact) mass is 444 g/mol. The van der Waals surface area contributed by atoms with Crippen molar-refractivity contribution in [2.45, 2.75) is 40.2 Å². The number of rotatable bonds is 6. The first-order valence-corrected chi connectivity index (χ1v) is 11.1. The molecule has 1 aromatic carbocycles. The molecule has 0 saturated carbocycles. The molecule has 1 N–H and O–H groups in total. The van der Waals surface area contributed by atoms with Gasteiger partial charge < -0.3 is 5.32 Å². The van der Waals surface area contributed by atoms with Crippen LogP contribution >= 0.6 is 11.5 Å². The van der Waals surface area contributed by atoms with E-state index in [4.69, 9.17) is 0 Å². The van der Waals surface area contributed by atoms with Crippen LogP contribution in [-0.2, 0) is 6.54 Å². The molecule has 3 aromatic heterocycles. The molecule has 0 spiro atoms. The Morgan fingerprint density at radius 1 is 0.969 bits per heavy atom. The van der Waals surface area contributed by atoms with Gasteiger partial charge in [-0.3, -0.25) is 9.78 Å². The lowest BCUT2D eigenvalue weighted by Gasteiger charge is -2.11. The molecule has 1 amide bonds. The first-order valence-electron chi connectivity index (χ1n) is 10.4. The first kappa shape index (κ1) is 21.7. The number of pyridine rings is 1. The lowest BCUT2D eigenvalue weighted by atomic mass is 9.98. The second kappa shape index (κ2) is 9.32. The normalized spacial score (nSPS) is 11.0. The largest absolute Gasteiger partial charge is 0.345 e. The van der Waals surface area contributed by atoms with Crippen LogP contribution < -0.4 is 5.32 Å². The van der Waals surface area contributed by atoms with Crippen LogP contribution in [0.15, 0.2) is 48.9 Å². The predicted molar refractivity (Wildman–Crippen MR) is 125 cm³/mol. The highest BCUT2D eigenvalue weighted by Crippen LogP contribution is 2.34. The highest BCUT2D eigenvalue weighted by Gasteiger charge is 2.18. The summed E-state index contributed by atoms with van der Waals surface area (Å²) in [5, 5.41) is 7.22. The molecule has 0 radical (unpaired) electrons. The second-order valence-electron chi connectivity index (χ2n) is 8.02. The number of aromatic nitrogens is 5. The van der Waals surface area contributed by atoms with Gasteiger partial charge in [0.1, 0.15) is 5.82 Å². The lowest BCUT2D eigenvalue weighted by molar-refractivity contribution is 0.0950. The molecule has 32 heavy (non-hydrogen) atoms. The van der Waals surface area contributed by atoms with Crippen LogP contribution in [0.5, 0.6) is 0 Å². The molecule has 0 saturated heterocycles. The van der Waals surface area contributed by atoms with Crippen molar-refractivity contribution in [1.29, 1.82) is 0 Å². The Morgan fingerprint density at radius 2 is 1.69 bits per heavy atom. The van der Waals surface area contributed by atoms with E-state index in [-0.39, 0.29) is 18.4 Å². The van der Waals surface area contributed by atoms with Gasteiger partial charge in [-0.1, -0.05) is 24.4 Å². The van der Waals surface area contributed by atoms with Crippen molar-refractivity contribution in [2.75, 3.05) is 0 Å². The molecule has 0 aliphatic rings. The maximum atomic E-state index is 13.0. The van der Waals surface area contributed by atoms with Crippen LogP contribution in [-0.4, -0.2) is 30.4 Å². The molecule has 4 aromatic rings. The number of carbonyl (C=O) groups excluding carboxylic acids is 1. The van der Waals surface area contributed by atoms with Crippen molar-refractivity contribution in [2.24, 2.45) is 0 Å². The summed E-state index contributed by atoms with van der Waals surface area (Å²) in [4.78, 5) is 27.1. The summed E-state index contributed by atoms with van der Waals surface area (Å²) in [6.45, 7) is 8.34. The van der Waals surface area contributed by atoms with Crippen LogP contribution in [0.4, 0.5) is 0 Å². The molecule has 0 aliphatic carbocycles. The lowest BCUT2D eigenvalue weighted by Crippen LogP contribution is -2.24. The standard InChI is InChI=1S/C24H24N6OS/c1-14(2)22-23(32-30-29-22)18-7-17(20-6-5-15(3)10-25-20)8-19(9-18)24(31)28-13-21-26-11-16(4)12-27-21/h5-12,14H,13H2,1-4H3,(H,28,31). The zero-order valence-electron chi connectivity index (χ0n) is 18.5.